The van der Waals surface area contributed by atoms with Gasteiger partial charge in [0.25, 0.3) is 0 Å². The van der Waals surface area contributed by atoms with Crippen LogP contribution in [0.25, 0.3) is 5.57 Å². The van der Waals surface area contributed by atoms with E-state index in [-0.39, 0.29) is 17.6 Å². The van der Waals surface area contributed by atoms with E-state index in [0.717, 1.165) is 18.4 Å². The predicted octanol–water partition coefficient (Wildman–Crippen LogP) is 4.20. The third-order valence-electron chi connectivity index (χ3n) is 5.08. The number of hydrogen-bond donors (Lipinski definition) is 1. The van der Waals surface area contributed by atoms with E-state index in [9.17, 15) is 14.3 Å². The highest BCUT2D eigenvalue weighted by Gasteiger charge is 2.27. The van der Waals surface area contributed by atoms with Crippen molar-refractivity contribution in [3.05, 3.63) is 77.6 Å². The number of rotatable bonds is 4. The van der Waals surface area contributed by atoms with Gasteiger partial charge < -0.3 is 10.0 Å². The maximum Gasteiger partial charge on any atom is 0.246 e. The minimum atomic E-state index is -0.496. The molecule has 0 aromatic heterocycles. The van der Waals surface area contributed by atoms with Crippen LogP contribution in [0.5, 0.6) is 0 Å². The fourth-order valence-corrected chi connectivity index (χ4v) is 3.49. The molecule has 0 saturated carbocycles. The van der Waals surface area contributed by atoms with Gasteiger partial charge in [-0.1, -0.05) is 48.5 Å². The first-order chi connectivity index (χ1) is 12.6. The number of allylic oxidation sites excluding steroid dienone is 1. The summed E-state index contributed by atoms with van der Waals surface area (Å²) < 4.78 is 13.8. The molecule has 0 radical (unpaired) electrons. The molecule has 3 rings (SSSR count). The number of halogens is 1. The highest BCUT2D eigenvalue weighted by molar-refractivity contribution is 5.95. The minimum Gasteiger partial charge on any atom is -0.388 e. The summed E-state index contributed by atoms with van der Waals surface area (Å²) in [6, 6.07) is 16.1. The van der Waals surface area contributed by atoms with Crippen molar-refractivity contribution in [2.75, 3.05) is 13.1 Å². The molecule has 3 nitrogen and oxygen atoms in total. The van der Waals surface area contributed by atoms with Gasteiger partial charge in [0.05, 0.1) is 6.10 Å². The topological polar surface area (TPSA) is 40.5 Å². The van der Waals surface area contributed by atoms with Crippen LogP contribution < -0.4 is 0 Å². The van der Waals surface area contributed by atoms with Crippen LogP contribution in [-0.2, 0) is 4.79 Å². The molecule has 1 aliphatic rings. The second-order valence-corrected chi connectivity index (χ2v) is 6.83. The molecule has 1 unspecified atom stereocenters. The first kappa shape index (κ1) is 18.3. The SMILES string of the molecule is CC(=CC(=O)N1CCC(C(O)c2ccccc2)CC1)c1ccccc1F. The second-order valence-electron chi connectivity index (χ2n) is 6.83. The lowest BCUT2D eigenvalue weighted by Crippen LogP contribution is -2.39. The van der Waals surface area contributed by atoms with Crippen LogP contribution in [0.4, 0.5) is 4.39 Å². The second kappa shape index (κ2) is 8.28. The smallest absolute Gasteiger partial charge is 0.246 e. The summed E-state index contributed by atoms with van der Waals surface area (Å²) in [6.07, 6.45) is 2.53. The van der Waals surface area contributed by atoms with Crippen molar-refractivity contribution in [3.8, 4) is 0 Å². The van der Waals surface area contributed by atoms with Gasteiger partial charge in [-0.15, -0.1) is 0 Å². The van der Waals surface area contributed by atoms with Crippen LogP contribution in [0.1, 0.15) is 37.0 Å². The van der Waals surface area contributed by atoms with Gasteiger partial charge in [0.2, 0.25) is 5.91 Å². The Balaban J connectivity index is 1.60. The Bertz CT molecular complexity index is 780. The van der Waals surface area contributed by atoms with Crippen molar-refractivity contribution in [1.82, 2.24) is 4.90 Å². The van der Waals surface area contributed by atoms with E-state index in [1.54, 1.807) is 30.0 Å². The zero-order valence-electron chi connectivity index (χ0n) is 14.9. The Morgan fingerprint density at radius 2 is 1.73 bits per heavy atom. The molecular weight excluding hydrogens is 329 g/mol. The zero-order chi connectivity index (χ0) is 18.5. The standard InChI is InChI=1S/C22H24FNO2/c1-16(19-9-5-6-10-20(19)23)15-21(25)24-13-11-18(12-14-24)22(26)17-7-3-2-4-8-17/h2-10,15,18,22,26H,11-14H2,1H3. The molecule has 1 N–H and O–H groups in total. The highest BCUT2D eigenvalue weighted by atomic mass is 19.1. The van der Waals surface area contributed by atoms with E-state index >= 15 is 0 Å². The van der Waals surface area contributed by atoms with E-state index < -0.39 is 6.10 Å². The van der Waals surface area contributed by atoms with Crippen LogP contribution in [0.3, 0.4) is 0 Å². The number of carbonyl (C=O) groups excluding carboxylic acids is 1. The van der Waals surface area contributed by atoms with Crippen molar-refractivity contribution in [2.24, 2.45) is 5.92 Å². The maximum atomic E-state index is 13.8. The Labute approximate surface area is 153 Å². The molecule has 1 saturated heterocycles. The van der Waals surface area contributed by atoms with Crippen LogP contribution >= 0.6 is 0 Å². The molecule has 1 atom stereocenters. The number of aliphatic hydroxyl groups is 1. The van der Waals surface area contributed by atoms with Crippen LogP contribution in [0.15, 0.2) is 60.7 Å². The molecular formula is C22H24FNO2. The normalized spacial score (nSPS) is 17.2. The van der Waals surface area contributed by atoms with Gasteiger partial charge in [-0.05, 0) is 42.9 Å². The first-order valence-corrected chi connectivity index (χ1v) is 9.01. The fourth-order valence-electron chi connectivity index (χ4n) is 3.49. The molecule has 1 amide bonds. The third kappa shape index (κ3) is 4.20. The Hall–Kier alpha value is -2.46. The molecule has 0 aliphatic carbocycles. The summed E-state index contributed by atoms with van der Waals surface area (Å²) in [5.74, 6) is -0.268. The molecule has 4 heteroatoms. The van der Waals surface area contributed by atoms with E-state index in [1.165, 1.54) is 12.1 Å². The number of hydrogen-bond acceptors (Lipinski definition) is 2. The van der Waals surface area contributed by atoms with E-state index in [2.05, 4.69) is 0 Å². The molecule has 1 aliphatic heterocycles. The largest absolute Gasteiger partial charge is 0.388 e. The van der Waals surface area contributed by atoms with Crippen LogP contribution in [0, 0.1) is 11.7 Å². The van der Waals surface area contributed by atoms with Crippen molar-refractivity contribution >= 4 is 11.5 Å². The lowest BCUT2D eigenvalue weighted by Gasteiger charge is -2.34. The average Bonchev–Trinajstić information content (AvgIpc) is 2.68. The molecule has 136 valence electrons. The Morgan fingerprint density at radius 1 is 1.12 bits per heavy atom. The molecule has 0 spiro atoms. The quantitative estimate of drug-likeness (QED) is 0.837. The molecule has 2 aromatic carbocycles. The molecule has 26 heavy (non-hydrogen) atoms. The molecule has 2 aromatic rings. The number of aliphatic hydroxyl groups excluding tert-OH is 1. The van der Waals surface area contributed by atoms with Crippen molar-refractivity contribution in [1.29, 1.82) is 0 Å². The maximum absolute atomic E-state index is 13.8. The summed E-state index contributed by atoms with van der Waals surface area (Å²) in [7, 11) is 0. The first-order valence-electron chi connectivity index (χ1n) is 9.01. The minimum absolute atomic E-state index is 0.0987. The van der Waals surface area contributed by atoms with E-state index in [4.69, 9.17) is 0 Å². The number of nitrogens with zero attached hydrogens (tertiary/aromatic N) is 1. The number of carbonyl (C=O) groups is 1. The van der Waals surface area contributed by atoms with Gasteiger partial charge in [0, 0.05) is 24.7 Å². The van der Waals surface area contributed by atoms with Gasteiger partial charge in [-0.25, -0.2) is 4.39 Å². The molecule has 1 fully saturated rings. The number of benzene rings is 2. The van der Waals surface area contributed by atoms with Crippen molar-refractivity contribution in [3.63, 3.8) is 0 Å². The van der Waals surface area contributed by atoms with Crippen molar-refractivity contribution in [2.45, 2.75) is 25.9 Å². The van der Waals surface area contributed by atoms with Crippen LogP contribution in [-0.4, -0.2) is 29.0 Å². The Morgan fingerprint density at radius 3 is 2.38 bits per heavy atom. The van der Waals surface area contributed by atoms with Crippen molar-refractivity contribution < 1.29 is 14.3 Å². The van der Waals surface area contributed by atoms with Gasteiger partial charge in [-0.3, -0.25) is 4.79 Å². The Kier molecular flexibility index (Phi) is 5.84. The summed E-state index contributed by atoms with van der Waals surface area (Å²) in [5.41, 5.74) is 2.00. The lowest BCUT2D eigenvalue weighted by atomic mass is 9.87. The van der Waals surface area contributed by atoms with Gasteiger partial charge in [0.15, 0.2) is 0 Å². The lowest BCUT2D eigenvalue weighted by molar-refractivity contribution is -0.127. The van der Waals surface area contributed by atoms with Gasteiger partial charge >= 0.3 is 0 Å². The van der Waals surface area contributed by atoms with Gasteiger partial charge in [0.1, 0.15) is 5.82 Å². The summed E-state index contributed by atoms with van der Waals surface area (Å²) in [6.45, 7) is 2.96. The van der Waals surface area contributed by atoms with E-state index in [0.29, 0.717) is 24.2 Å². The highest BCUT2D eigenvalue weighted by Crippen LogP contribution is 2.30. The summed E-state index contributed by atoms with van der Waals surface area (Å²) in [5, 5.41) is 10.5. The van der Waals surface area contributed by atoms with Crippen LogP contribution in [0.2, 0.25) is 0 Å². The monoisotopic (exact) mass is 353 g/mol. The molecule has 0 bridgehead atoms. The summed E-state index contributed by atoms with van der Waals surface area (Å²) >= 11 is 0. The third-order valence-corrected chi connectivity index (χ3v) is 5.08. The molecule has 1 heterocycles. The number of amides is 1. The average molecular weight is 353 g/mol. The predicted molar refractivity (Wildman–Crippen MR) is 101 cm³/mol. The summed E-state index contributed by atoms with van der Waals surface area (Å²) in [4.78, 5) is 14.3. The fraction of sp³-hybridized carbons (Fsp3) is 0.318. The zero-order valence-corrected chi connectivity index (χ0v) is 14.9. The number of piperidine rings is 1. The van der Waals surface area contributed by atoms with Gasteiger partial charge in [-0.2, -0.15) is 0 Å². The number of likely N-dealkylation sites (tertiary alicyclic amines) is 1. The van der Waals surface area contributed by atoms with E-state index in [1.807, 2.05) is 30.3 Å².